The molecule has 0 bridgehead atoms. The predicted molar refractivity (Wildman–Crippen MR) is 117 cm³/mol. The second-order valence-corrected chi connectivity index (χ2v) is 7.24. The van der Waals surface area contributed by atoms with Gasteiger partial charge in [0.05, 0.1) is 0 Å². The molecule has 4 nitrogen and oxygen atoms in total. The normalized spacial score (nSPS) is 10.6. The Morgan fingerprint density at radius 2 is 1.83 bits per heavy atom. The number of aromatic nitrogens is 1. The van der Waals surface area contributed by atoms with E-state index in [2.05, 4.69) is 4.98 Å². The minimum Gasteiger partial charge on any atom is -0.316 e. The lowest BCUT2D eigenvalue weighted by Gasteiger charge is -2.17. The van der Waals surface area contributed by atoms with Crippen molar-refractivity contribution in [3.63, 3.8) is 0 Å². The topological polar surface area (TPSA) is 50.3 Å². The van der Waals surface area contributed by atoms with E-state index in [0.717, 1.165) is 22.4 Å². The van der Waals surface area contributed by atoms with Crippen molar-refractivity contribution in [3.05, 3.63) is 83.1 Å². The zero-order valence-electron chi connectivity index (χ0n) is 16.6. The Bertz CT molecular complexity index is 1000. The lowest BCUT2D eigenvalue weighted by molar-refractivity contribution is -0.118. The molecule has 2 aromatic carbocycles. The summed E-state index contributed by atoms with van der Waals surface area (Å²) in [6.07, 6.45) is 5.01. The average molecular weight is 407 g/mol. The fourth-order valence-electron chi connectivity index (χ4n) is 3.12. The molecular weight excluding hydrogens is 384 g/mol. The number of benzene rings is 2. The first kappa shape index (κ1) is 20.7. The number of hydrogen-bond donors (Lipinski definition) is 0. The van der Waals surface area contributed by atoms with Crippen LogP contribution in [-0.2, 0) is 11.2 Å². The maximum atomic E-state index is 12.5. The van der Waals surface area contributed by atoms with Gasteiger partial charge in [0.1, 0.15) is 0 Å². The Kier molecular flexibility index (Phi) is 6.78. The van der Waals surface area contributed by atoms with Crippen molar-refractivity contribution >= 4 is 29.0 Å². The molecule has 5 heteroatoms. The minimum absolute atomic E-state index is 0.0531. The molecule has 29 heavy (non-hydrogen) atoms. The van der Waals surface area contributed by atoms with Gasteiger partial charge in [-0.15, -0.1) is 0 Å². The molecule has 0 unspecified atom stereocenters. The molecule has 0 aliphatic heterocycles. The highest BCUT2D eigenvalue weighted by atomic mass is 35.5. The van der Waals surface area contributed by atoms with Gasteiger partial charge in [-0.1, -0.05) is 48.9 Å². The lowest BCUT2D eigenvalue weighted by Crippen LogP contribution is -2.24. The van der Waals surface area contributed by atoms with E-state index >= 15 is 0 Å². The molecule has 0 saturated carbocycles. The van der Waals surface area contributed by atoms with Crippen LogP contribution in [0.25, 0.3) is 11.1 Å². The highest BCUT2D eigenvalue weighted by Crippen LogP contribution is 2.30. The van der Waals surface area contributed by atoms with Crippen LogP contribution in [-0.4, -0.2) is 23.7 Å². The fraction of sp³-hybridized carbons (Fsp3) is 0.208. The van der Waals surface area contributed by atoms with Crippen LogP contribution in [0, 0.1) is 0 Å². The summed E-state index contributed by atoms with van der Waals surface area (Å²) in [6, 6.07) is 16.9. The van der Waals surface area contributed by atoms with E-state index in [4.69, 9.17) is 11.6 Å². The van der Waals surface area contributed by atoms with Crippen LogP contribution >= 0.6 is 11.6 Å². The summed E-state index contributed by atoms with van der Waals surface area (Å²) >= 11 is 6.47. The molecule has 3 rings (SSSR count). The quantitative estimate of drug-likeness (QED) is 0.480. The molecular formula is C24H23ClN2O2. The van der Waals surface area contributed by atoms with E-state index in [0.29, 0.717) is 29.8 Å². The van der Waals surface area contributed by atoms with E-state index in [-0.39, 0.29) is 11.7 Å². The molecule has 1 amide bonds. The van der Waals surface area contributed by atoms with Gasteiger partial charge in [0.2, 0.25) is 5.91 Å². The predicted octanol–water partition coefficient (Wildman–Crippen LogP) is 5.59. The van der Waals surface area contributed by atoms with E-state index < -0.39 is 0 Å². The molecule has 0 atom stereocenters. The van der Waals surface area contributed by atoms with Gasteiger partial charge < -0.3 is 4.90 Å². The van der Waals surface area contributed by atoms with Crippen molar-refractivity contribution in [2.45, 2.75) is 26.2 Å². The van der Waals surface area contributed by atoms with Crippen molar-refractivity contribution in [1.82, 2.24) is 4.98 Å². The number of rotatable bonds is 7. The van der Waals surface area contributed by atoms with Crippen LogP contribution in [0.15, 0.2) is 67.0 Å². The van der Waals surface area contributed by atoms with E-state index in [9.17, 15) is 9.59 Å². The Balaban J connectivity index is 1.72. The molecule has 0 aliphatic rings. The molecule has 148 valence electrons. The second-order valence-electron chi connectivity index (χ2n) is 6.83. The van der Waals surface area contributed by atoms with Crippen molar-refractivity contribution < 1.29 is 9.59 Å². The van der Waals surface area contributed by atoms with E-state index in [1.807, 2.05) is 55.5 Å². The fourth-order valence-corrected chi connectivity index (χ4v) is 3.41. The monoisotopic (exact) mass is 406 g/mol. The summed E-state index contributed by atoms with van der Waals surface area (Å²) in [5.41, 5.74) is 4.26. The van der Waals surface area contributed by atoms with Gasteiger partial charge in [-0.25, -0.2) is 0 Å². The van der Waals surface area contributed by atoms with Gasteiger partial charge in [0, 0.05) is 54.1 Å². The smallest absolute Gasteiger partial charge is 0.226 e. The maximum Gasteiger partial charge on any atom is 0.226 e. The van der Waals surface area contributed by atoms with Crippen LogP contribution in [0.4, 0.5) is 5.69 Å². The first-order valence-electron chi connectivity index (χ1n) is 9.58. The minimum atomic E-state index is 0.0531. The molecule has 3 aromatic rings. The number of amides is 1. The van der Waals surface area contributed by atoms with Gasteiger partial charge in [0.15, 0.2) is 5.78 Å². The number of pyridine rings is 1. The highest BCUT2D eigenvalue weighted by Gasteiger charge is 2.12. The Morgan fingerprint density at radius 3 is 2.45 bits per heavy atom. The molecule has 1 aromatic heterocycles. The number of carbonyl (C=O) groups excluding carboxylic acids is 2. The van der Waals surface area contributed by atoms with Crippen LogP contribution in [0.1, 0.15) is 35.7 Å². The largest absolute Gasteiger partial charge is 0.316 e. The number of halogens is 1. The van der Waals surface area contributed by atoms with Crippen molar-refractivity contribution in [2.24, 2.45) is 0 Å². The third-order valence-electron chi connectivity index (χ3n) is 4.90. The van der Waals surface area contributed by atoms with Crippen molar-refractivity contribution in [3.8, 4) is 11.1 Å². The third-order valence-corrected chi connectivity index (χ3v) is 5.21. The summed E-state index contributed by atoms with van der Waals surface area (Å²) in [7, 11) is 1.76. The van der Waals surface area contributed by atoms with E-state index in [1.54, 1.807) is 30.4 Å². The third kappa shape index (κ3) is 5.09. The average Bonchev–Trinajstić information content (AvgIpc) is 2.77. The standard InChI is InChI=1S/C24H23ClN2O2/c1-3-24(29)27(2)20-10-7-18(8-11-20)21-12-9-19(15-22(21)25)23(28)13-6-17-5-4-14-26-16-17/h4-5,7-12,14-16H,3,6,13H2,1-2H3. The molecule has 0 spiro atoms. The Morgan fingerprint density at radius 1 is 1.07 bits per heavy atom. The number of nitrogens with zero attached hydrogens (tertiary/aromatic N) is 2. The van der Waals surface area contributed by atoms with E-state index in [1.165, 1.54) is 0 Å². The van der Waals surface area contributed by atoms with Crippen LogP contribution < -0.4 is 4.90 Å². The lowest BCUT2D eigenvalue weighted by atomic mass is 9.99. The second kappa shape index (κ2) is 9.48. The molecule has 0 saturated heterocycles. The number of hydrogen-bond acceptors (Lipinski definition) is 3. The summed E-state index contributed by atoms with van der Waals surface area (Å²) < 4.78 is 0. The van der Waals surface area contributed by atoms with Crippen molar-refractivity contribution in [2.75, 3.05) is 11.9 Å². The summed E-state index contributed by atoms with van der Waals surface area (Å²) in [4.78, 5) is 30.1. The molecule has 0 fully saturated rings. The van der Waals surface area contributed by atoms with Gasteiger partial charge >= 0.3 is 0 Å². The number of aryl methyl sites for hydroxylation is 1. The number of anilines is 1. The van der Waals surface area contributed by atoms with Crippen LogP contribution in [0.3, 0.4) is 0 Å². The summed E-state index contributed by atoms with van der Waals surface area (Å²) in [5, 5.41) is 0.531. The molecule has 0 aliphatic carbocycles. The maximum absolute atomic E-state index is 12.5. The number of Topliss-reactive ketones (excluding diaryl/α,β-unsaturated/α-hetero) is 1. The van der Waals surface area contributed by atoms with Gasteiger partial charge in [-0.2, -0.15) is 0 Å². The number of ketones is 1. The Labute approximate surface area is 176 Å². The molecule has 0 N–H and O–H groups in total. The zero-order chi connectivity index (χ0) is 20.8. The van der Waals surface area contributed by atoms with Gasteiger partial charge in [-0.05, 0) is 41.8 Å². The van der Waals surface area contributed by atoms with Crippen LogP contribution in [0.5, 0.6) is 0 Å². The van der Waals surface area contributed by atoms with Crippen LogP contribution in [0.2, 0.25) is 5.02 Å². The molecule has 1 heterocycles. The molecule has 0 radical (unpaired) electrons. The summed E-state index contributed by atoms with van der Waals surface area (Å²) in [6.45, 7) is 1.84. The zero-order valence-corrected chi connectivity index (χ0v) is 17.3. The summed E-state index contributed by atoms with van der Waals surface area (Å²) in [5.74, 6) is 0.113. The highest BCUT2D eigenvalue weighted by molar-refractivity contribution is 6.33. The van der Waals surface area contributed by atoms with Gasteiger partial charge in [-0.3, -0.25) is 14.6 Å². The SMILES string of the molecule is CCC(=O)N(C)c1ccc(-c2ccc(C(=O)CCc3cccnc3)cc2Cl)cc1. The Hall–Kier alpha value is -2.98. The first-order chi connectivity index (χ1) is 14.0. The first-order valence-corrected chi connectivity index (χ1v) is 9.96. The van der Waals surface area contributed by atoms with Crippen molar-refractivity contribution in [1.29, 1.82) is 0 Å². The van der Waals surface area contributed by atoms with Gasteiger partial charge in [0.25, 0.3) is 0 Å². The number of carbonyl (C=O) groups is 2.